The standard InChI is InChI=1S/C19H14N2O4/c1-3-9-25-18-8-7-14(11-19(18)24-2)10-16(13-20)15-5-4-6-17(12-15)21(22)23/h1,4-8,10-12H,9H2,2H3/b16-10-. The average Bonchev–Trinajstić information content (AvgIpc) is 2.64. The number of ether oxygens (including phenoxy) is 2. The van der Waals surface area contributed by atoms with Gasteiger partial charge in [-0.3, -0.25) is 10.1 Å². The highest BCUT2D eigenvalue weighted by Crippen LogP contribution is 2.30. The molecule has 0 unspecified atom stereocenters. The number of nitriles is 1. The van der Waals surface area contributed by atoms with Gasteiger partial charge in [0.05, 0.1) is 23.7 Å². The number of benzene rings is 2. The minimum Gasteiger partial charge on any atom is -0.493 e. The van der Waals surface area contributed by atoms with Gasteiger partial charge in [-0.15, -0.1) is 6.42 Å². The van der Waals surface area contributed by atoms with Crippen molar-refractivity contribution in [3.05, 3.63) is 63.7 Å². The van der Waals surface area contributed by atoms with Gasteiger partial charge in [0.1, 0.15) is 6.61 Å². The van der Waals surface area contributed by atoms with Crippen LogP contribution in [0.1, 0.15) is 11.1 Å². The normalized spacial score (nSPS) is 10.4. The molecular weight excluding hydrogens is 320 g/mol. The summed E-state index contributed by atoms with van der Waals surface area (Å²) < 4.78 is 10.6. The van der Waals surface area contributed by atoms with Gasteiger partial charge in [0.25, 0.3) is 5.69 Å². The number of allylic oxidation sites excluding steroid dienone is 1. The van der Waals surface area contributed by atoms with E-state index in [0.717, 1.165) is 0 Å². The summed E-state index contributed by atoms with van der Waals surface area (Å²) in [4.78, 5) is 10.4. The topological polar surface area (TPSA) is 85.4 Å². The summed E-state index contributed by atoms with van der Waals surface area (Å²) in [5.74, 6) is 3.34. The second-order valence-corrected chi connectivity index (χ2v) is 4.88. The number of hydrogen-bond acceptors (Lipinski definition) is 5. The molecule has 0 aromatic heterocycles. The van der Waals surface area contributed by atoms with E-state index in [-0.39, 0.29) is 12.3 Å². The number of rotatable bonds is 6. The van der Waals surface area contributed by atoms with Crippen LogP contribution in [-0.2, 0) is 0 Å². The molecule has 25 heavy (non-hydrogen) atoms. The molecule has 6 nitrogen and oxygen atoms in total. The maximum absolute atomic E-state index is 10.9. The molecule has 0 aliphatic rings. The van der Waals surface area contributed by atoms with Crippen molar-refractivity contribution in [1.29, 1.82) is 5.26 Å². The van der Waals surface area contributed by atoms with Crippen LogP contribution in [0.25, 0.3) is 11.6 Å². The van der Waals surface area contributed by atoms with Gasteiger partial charge in [-0.1, -0.05) is 24.1 Å². The van der Waals surface area contributed by atoms with E-state index in [1.807, 2.05) is 0 Å². The van der Waals surface area contributed by atoms with Crippen LogP contribution < -0.4 is 9.47 Å². The van der Waals surface area contributed by atoms with Crippen LogP contribution in [0.3, 0.4) is 0 Å². The lowest BCUT2D eigenvalue weighted by Gasteiger charge is -2.09. The van der Waals surface area contributed by atoms with E-state index in [0.29, 0.717) is 28.2 Å². The van der Waals surface area contributed by atoms with Crippen molar-refractivity contribution in [1.82, 2.24) is 0 Å². The SMILES string of the molecule is C#CCOc1ccc(/C=C(/C#N)c2cccc([N+](=O)[O-])c2)cc1OC. The van der Waals surface area contributed by atoms with Crippen molar-refractivity contribution >= 4 is 17.3 Å². The first-order chi connectivity index (χ1) is 12.1. The predicted octanol–water partition coefficient (Wildman–Crippen LogP) is 3.68. The molecule has 2 aromatic rings. The van der Waals surface area contributed by atoms with Crippen molar-refractivity contribution in [3.8, 4) is 29.9 Å². The summed E-state index contributed by atoms with van der Waals surface area (Å²) in [7, 11) is 1.50. The van der Waals surface area contributed by atoms with E-state index in [2.05, 4.69) is 12.0 Å². The summed E-state index contributed by atoms with van der Waals surface area (Å²) in [5, 5.41) is 20.3. The molecule has 0 aliphatic heterocycles. The van der Waals surface area contributed by atoms with Gasteiger partial charge in [0.2, 0.25) is 0 Å². The van der Waals surface area contributed by atoms with Crippen LogP contribution in [0, 0.1) is 33.8 Å². The molecule has 124 valence electrons. The first-order valence-electron chi connectivity index (χ1n) is 7.20. The van der Waals surface area contributed by atoms with Crippen molar-refractivity contribution in [3.63, 3.8) is 0 Å². The maximum atomic E-state index is 10.9. The van der Waals surface area contributed by atoms with Crippen LogP contribution in [-0.4, -0.2) is 18.6 Å². The molecule has 0 radical (unpaired) electrons. The molecule has 0 amide bonds. The Morgan fingerprint density at radius 2 is 2.12 bits per heavy atom. The Morgan fingerprint density at radius 3 is 2.76 bits per heavy atom. The molecule has 0 saturated carbocycles. The van der Waals surface area contributed by atoms with E-state index in [1.54, 1.807) is 30.3 Å². The van der Waals surface area contributed by atoms with Crippen molar-refractivity contribution < 1.29 is 14.4 Å². The lowest BCUT2D eigenvalue weighted by atomic mass is 10.0. The number of nitrogens with zero attached hydrogens (tertiary/aromatic N) is 2. The summed E-state index contributed by atoms with van der Waals surface area (Å²) in [6, 6.07) is 13.1. The Labute approximate surface area is 145 Å². The van der Waals surface area contributed by atoms with Crippen LogP contribution in [0.2, 0.25) is 0 Å². The minimum absolute atomic E-state index is 0.0748. The molecular formula is C19H14N2O4. The second kappa shape index (κ2) is 8.19. The van der Waals surface area contributed by atoms with Gasteiger partial charge in [0, 0.05) is 12.1 Å². The Bertz CT molecular complexity index is 904. The number of nitro groups is 1. The van der Waals surface area contributed by atoms with Gasteiger partial charge in [-0.05, 0) is 29.3 Å². The Hall–Kier alpha value is -3.77. The molecule has 0 N–H and O–H groups in total. The van der Waals surface area contributed by atoms with Crippen molar-refractivity contribution in [2.75, 3.05) is 13.7 Å². The third-order valence-electron chi connectivity index (χ3n) is 3.30. The van der Waals surface area contributed by atoms with E-state index in [1.165, 1.54) is 25.3 Å². The van der Waals surface area contributed by atoms with Crippen LogP contribution in [0.4, 0.5) is 5.69 Å². The van der Waals surface area contributed by atoms with Gasteiger partial charge in [-0.25, -0.2) is 0 Å². The lowest BCUT2D eigenvalue weighted by Crippen LogP contribution is -1.96. The zero-order valence-electron chi connectivity index (χ0n) is 13.4. The average molecular weight is 334 g/mol. The third-order valence-corrected chi connectivity index (χ3v) is 3.30. The summed E-state index contributed by atoms with van der Waals surface area (Å²) in [5.41, 5.74) is 1.37. The highest BCUT2D eigenvalue weighted by atomic mass is 16.6. The smallest absolute Gasteiger partial charge is 0.270 e. The quantitative estimate of drug-likeness (QED) is 0.264. The number of non-ortho nitro benzene ring substituents is 1. The van der Waals surface area contributed by atoms with E-state index < -0.39 is 4.92 Å². The van der Waals surface area contributed by atoms with Gasteiger partial charge in [-0.2, -0.15) is 5.26 Å². The van der Waals surface area contributed by atoms with Crippen molar-refractivity contribution in [2.24, 2.45) is 0 Å². The van der Waals surface area contributed by atoms with E-state index in [9.17, 15) is 15.4 Å². The van der Waals surface area contributed by atoms with Crippen LogP contribution >= 0.6 is 0 Å². The highest BCUT2D eigenvalue weighted by Gasteiger charge is 2.10. The predicted molar refractivity (Wildman–Crippen MR) is 93.9 cm³/mol. The molecule has 0 bridgehead atoms. The van der Waals surface area contributed by atoms with Gasteiger partial charge < -0.3 is 9.47 Å². The number of terminal acetylenes is 1. The largest absolute Gasteiger partial charge is 0.493 e. The zero-order chi connectivity index (χ0) is 18.2. The first-order valence-corrected chi connectivity index (χ1v) is 7.20. The Kier molecular flexibility index (Phi) is 5.76. The molecule has 0 spiro atoms. The van der Waals surface area contributed by atoms with Crippen molar-refractivity contribution in [2.45, 2.75) is 0 Å². The second-order valence-electron chi connectivity index (χ2n) is 4.88. The van der Waals surface area contributed by atoms with Crippen LogP contribution in [0.5, 0.6) is 11.5 Å². The zero-order valence-corrected chi connectivity index (χ0v) is 13.4. The van der Waals surface area contributed by atoms with E-state index in [4.69, 9.17) is 15.9 Å². The molecule has 0 atom stereocenters. The molecule has 6 heteroatoms. The number of nitro benzene ring substituents is 1. The Balaban J connectivity index is 2.40. The van der Waals surface area contributed by atoms with Gasteiger partial charge in [0.15, 0.2) is 11.5 Å². The summed E-state index contributed by atoms with van der Waals surface area (Å²) in [6.07, 6.45) is 6.79. The van der Waals surface area contributed by atoms with Crippen LogP contribution in [0.15, 0.2) is 42.5 Å². The minimum atomic E-state index is -0.501. The highest BCUT2D eigenvalue weighted by molar-refractivity contribution is 5.90. The fourth-order valence-corrected chi connectivity index (χ4v) is 2.15. The number of methoxy groups -OCH3 is 1. The van der Waals surface area contributed by atoms with E-state index >= 15 is 0 Å². The summed E-state index contributed by atoms with van der Waals surface area (Å²) >= 11 is 0. The molecule has 0 fully saturated rings. The fourth-order valence-electron chi connectivity index (χ4n) is 2.15. The number of hydrogen-bond donors (Lipinski definition) is 0. The van der Waals surface area contributed by atoms with Gasteiger partial charge >= 0.3 is 0 Å². The lowest BCUT2D eigenvalue weighted by molar-refractivity contribution is -0.384. The Morgan fingerprint density at radius 1 is 1.32 bits per heavy atom. The fraction of sp³-hybridized carbons (Fsp3) is 0.105. The molecule has 0 aliphatic carbocycles. The third kappa shape index (κ3) is 4.37. The monoisotopic (exact) mass is 334 g/mol. The molecule has 2 rings (SSSR count). The molecule has 0 saturated heterocycles. The molecule has 0 heterocycles. The molecule has 2 aromatic carbocycles. The first kappa shape index (κ1) is 17.6. The maximum Gasteiger partial charge on any atom is 0.270 e. The summed E-state index contributed by atoms with van der Waals surface area (Å²) in [6.45, 7) is 0.114.